The van der Waals surface area contributed by atoms with E-state index in [0.717, 1.165) is 12.6 Å². The minimum Gasteiger partial charge on any atom is -0.334 e. The number of halogens is 3. The Morgan fingerprint density at radius 1 is 0.932 bits per heavy atom. The summed E-state index contributed by atoms with van der Waals surface area (Å²) in [5.74, 6) is -3.45. The Labute approximate surface area is 248 Å². The van der Waals surface area contributed by atoms with Crippen molar-refractivity contribution in [2.24, 2.45) is 4.99 Å². The average molecular weight is 597 g/mol. The second-order valence-electron chi connectivity index (χ2n) is 10.0. The Bertz CT molecular complexity index is 1900. The monoisotopic (exact) mass is 596 g/mol. The second kappa shape index (κ2) is 11.1. The van der Waals surface area contributed by atoms with Crippen molar-refractivity contribution in [3.63, 3.8) is 0 Å². The largest absolute Gasteiger partial charge is 0.471 e. The smallest absolute Gasteiger partial charge is 0.334 e. The molecule has 3 amide bonds. The van der Waals surface area contributed by atoms with E-state index in [1.807, 2.05) is 24.3 Å². The van der Waals surface area contributed by atoms with Crippen molar-refractivity contribution in [3.05, 3.63) is 114 Å². The molecule has 12 heteroatoms. The number of fused-ring (bicyclic) bond motifs is 2. The summed E-state index contributed by atoms with van der Waals surface area (Å²) in [5, 5.41) is 5.66. The Morgan fingerprint density at radius 2 is 1.64 bits per heavy atom. The molecule has 1 aliphatic rings. The average Bonchev–Trinajstić information content (AvgIpc) is 3.60. The van der Waals surface area contributed by atoms with Crippen LogP contribution in [0.2, 0.25) is 0 Å². The lowest BCUT2D eigenvalue weighted by atomic mass is 9.90. The number of amides is 3. The van der Waals surface area contributed by atoms with Gasteiger partial charge in [-0.25, -0.2) is 4.98 Å². The molecule has 0 saturated carbocycles. The van der Waals surface area contributed by atoms with E-state index in [2.05, 4.69) is 20.6 Å². The van der Waals surface area contributed by atoms with E-state index in [0.29, 0.717) is 44.3 Å². The van der Waals surface area contributed by atoms with E-state index in [4.69, 9.17) is 4.99 Å². The third-order valence-electron chi connectivity index (χ3n) is 7.12. The molecule has 0 fully saturated rings. The predicted octanol–water partition coefficient (Wildman–Crippen LogP) is 6.20. The number of aromatic amines is 1. The van der Waals surface area contributed by atoms with Crippen LogP contribution in [0.3, 0.4) is 0 Å². The van der Waals surface area contributed by atoms with Crippen LogP contribution in [-0.2, 0) is 9.59 Å². The van der Waals surface area contributed by atoms with Crippen molar-refractivity contribution in [2.45, 2.75) is 12.1 Å². The summed E-state index contributed by atoms with van der Waals surface area (Å²) in [6.07, 6.45) is -5.01. The third kappa shape index (κ3) is 5.52. The maximum atomic E-state index is 13.4. The van der Waals surface area contributed by atoms with E-state index in [9.17, 15) is 27.6 Å². The molecule has 5 aromatic rings. The number of H-pyrrole nitrogens is 1. The Hall–Kier alpha value is -5.78. The van der Waals surface area contributed by atoms with E-state index in [1.54, 1.807) is 48.5 Å². The molecule has 3 N–H and O–H groups in total. The highest BCUT2D eigenvalue weighted by Gasteiger charge is 2.41. The zero-order valence-corrected chi connectivity index (χ0v) is 23.0. The molecule has 1 atom stereocenters. The van der Waals surface area contributed by atoms with Gasteiger partial charge >= 0.3 is 12.1 Å². The molecule has 0 aliphatic carbocycles. The number of hydrogen-bond acceptors (Lipinski definition) is 5. The molecule has 1 aliphatic heterocycles. The number of alkyl halides is 3. The Balaban J connectivity index is 1.29. The van der Waals surface area contributed by atoms with Gasteiger partial charge in [0.05, 0.1) is 22.4 Å². The number of carbonyl (C=O) groups excluding carboxylic acids is 3. The lowest BCUT2D eigenvalue weighted by Gasteiger charge is -2.19. The van der Waals surface area contributed by atoms with Gasteiger partial charge in [0.25, 0.3) is 5.91 Å². The number of nitrogens with one attached hydrogen (secondary N) is 3. The molecular formula is C32H23F3N6O3. The maximum Gasteiger partial charge on any atom is 0.471 e. The normalized spacial score (nSPS) is 14.7. The summed E-state index contributed by atoms with van der Waals surface area (Å²) in [6, 6.07) is 27.0. The maximum absolute atomic E-state index is 13.4. The number of nitrogens with zero attached hydrogens (tertiary/aromatic N) is 3. The predicted molar refractivity (Wildman–Crippen MR) is 160 cm³/mol. The fourth-order valence-corrected chi connectivity index (χ4v) is 4.96. The van der Waals surface area contributed by atoms with Crippen molar-refractivity contribution < 1.29 is 27.6 Å². The van der Waals surface area contributed by atoms with Gasteiger partial charge in [0, 0.05) is 24.1 Å². The highest BCUT2D eigenvalue weighted by Crippen LogP contribution is 2.38. The number of imidazole rings is 1. The minimum absolute atomic E-state index is 0.0358. The zero-order valence-electron chi connectivity index (χ0n) is 23.0. The van der Waals surface area contributed by atoms with Crippen LogP contribution < -0.4 is 15.5 Å². The highest BCUT2D eigenvalue weighted by atomic mass is 19.4. The van der Waals surface area contributed by atoms with Crippen LogP contribution in [0.5, 0.6) is 0 Å². The first-order chi connectivity index (χ1) is 21.1. The van der Waals surface area contributed by atoms with Gasteiger partial charge in [0.2, 0.25) is 5.91 Å². The first-order valence-electron chi connectivity index (χ1n) is 13.4. The number of aliphatic imine (C=N–C) groups is 1. The summed E-state index contributed by atoms with van der Waals surface area (Å²) in [5.41, 5.74) is 4.44. The summed E-state index contributed by atoms with van der Waals surface area (Å²) in [7, 11) is 1.04. The molecule has 4 aromatic carbocycles. The molecule has 44 heavy (non-hydrogen) atoms. The fourth-order valence-electron chi connectivity index (χ4n) is 4.96. The Kier molecular flexibility index (Phi) is 7.17. The van der Waals surface area contributed by atoms with Gasteiger partial charge in [0.15, 0.2) is 5.82 Å². The molecule has 0 spiro atoms. The topological polar surface area (TPSA) is 120 Å². The van der Waals surface area contributed by atoms with Crippen LogP contribution in [0, 0.1) is 0 Å². The summed E-state index contributed by atoms with van der Waals surface area (Å²) >= 11 is 0. The van der Waals surface area contributed by atoms with E-state index < -0.39 is 23.9 Å². The summed E-state index contributed by atoms with van der Waals surface area (Å²) < 4.78 is 38.7. The number of hydrogen-bond donors (Lipinski definition) is 3. The van der Waals surface area contributed by atoms with Crippen molar-refractivity contribution in [2.75, 3.05) is 22.6 Å². The summed E-state index contributed by atoms with van der Waals surface area (Å²) in [6.45, 7) is 0. The van der Waals surface area contributed by atoms with Crippen LogP contribution in [-0.4, -0.2) is 46.6 Å². The Morgan fingerprint density at radius 3 is 2.34 bits per heavy atom. The second-order valence-corrected chi connectivity index (χ2v) is 10.0. The minimum atomic E-state index is -5.01. The van der Waals surface area contributed by atoms with Crippen molar-refractivity contribution in [3.8, 4) is 0 Å². The fraction of sp³-hybridized carbons (Fsp3) is 0.0938. The van der Waals surface area contributed by atoms with Crippen LogP contribution in [0.25, 0.3) is 11.0 Å². The number of carbonyl (C=O) groups is 3. The van der Waals surface area contributed by atoms with Crippen molar-refractivity contribution in [1.82, 2.24) is 9.97 Å². The first kappa shape index (κ1) is 28.3. The number of anilines is 3. The van der Waals surface area contributed by atoms with Gasteiger partial charge in [-0.15, -0.1) is 0 Å². The molecule has 1 aromatic heterocycles. The van der Waals surface area contributed by atoms with Crippen LogP contribution >= 0.6 is 0 Å². The first-order valence-corrected chi connectivity index (χ1v) is 13.4. The van der Waals surface area contributed by atoms with E-state index >= 15 is 0 Å². The van der Waals surface area contributed by atoms with Gasteiger partial charge in [0.1, 0.15) is 5.92 Å². The molecular weight excluding hydrogens is 573 g/mol. The highest BCUT2D eigenvalue weighted by molar-refractivity contribution is 6.24. The lowest BCUT2D eigenvalue weighted by Crippen LogP contribution is -2.38. The van der Waals surface area contributed by atoms with Gasteiger partial charge < -0.3 is 20.5 Å². The third-order valence-corrected chi connectivity index (χ3v) is 7.12. The molecule has 1 unspecified atom stereocenters. The van der Waals surface area contributed by atoms with E-state index in [1.165, 1.54) is 24.3 Å². The summed E-state index contributed by atoms with van der Waals surface area (Å²) in [4.78, 5) is 50.4. The number of aromatic nitrogens is 2. The zero-order chi connectivity index (χ0) is 31.0. The molecule has 6 rings (SSSR count). The number of rotatable bonds is 6. The van der Waals surface area contributed by atoms with E-state index in [-0.39, 0.29) is 17.4 Å². The van der Waals surface area contributed by atoms with Crippen LogP contribution in [0.15, 0.2) is 102 Å². The number of benzene rings is 4. The molecule has 0 bridgehead atoms. The van der Waals surface area contributed by atoms with Crippen molar-refractivity contribution >= 4 is 57.2 Å². The molecule has 0 radical (unpaired) electrons. The molecule has 0 saturated heterocycles. The van der Waals surface area contributed by atoms with Gasteiger partial charge in [-0.1, -0.05) is 48.5 Å². The van der Waals surface area contributed by atoms with Gasteiger partial charge in [-0.05, 0) is 59.7 Å². The van der Waals surface area contributed by atoms with Crippen molar-refractivity contribution in [1.29, 1.82) is 0 Å². The van der Waals surface area contributed by atoms with Gasteiger partial charge in [-0.2, -0.15) is 13.2 Å². The quantitative estimate of drug-likeness (QED) is 0.202. The van der Waals surface area contributed by atoms with Crippen LogP contribution in [0.4, 0.5) is 35.9 Å². The van der Waals surface area contributed by atoms with Crippen LogP contribution in [0.1, 0.15) is 27.7 Å². The van der Waals surface area contributed by atoms with Gasteiger partial charge in [-0.3, -0.25) is 19.4 Å². The lowest BCUT2D eigenvalue weighted by molar-refractivity contribution is -0.170. The SMILES string of the molecule is CN(C(=O)C(F)(F)F)c1ccc(N=C(c2ccccc2)C2C(=O)Nc3cc(NC(=O)c4nc5ccccc5[nH]4)ccc32)cc1. The molecule has 2 heterocycles. The molecule has 220 valence electrons. The molecule has 9 nitrogen and oxygen atoms in total. The standard InChI is InChI=1S/C32H23F3N6O3/c1-41(31(44)32(33,34)35)21-14-11-19(12-15-21)36-27(18-7-3-2-4-8-18)26-22-16-13-20(17-25(22)40-29(26)42)37-30(43)28-38-23-9-5-6-10-24(23)39-28/h2-17,26H,1H3,(H,37,43)(H,38,39)(H,40,42). The number of para-hydroxylation sites is 2.